The molecule has 0 saturated heterocycles. The van der Waals surface area contributed by atoms with Gasteiger partial charge in [-0.15, -0.1) is 0 Å². The first-order valence-corrected chi connectivity index (χ1v) is 7.20. The molecule has 3 nitrogen and oxygen atoms in total. The number of aromatic nitrogens is 1. The zero-order valence-corrected chi connectivity index (χ0v) is 12.2. The average Bonchev–Trinajstić information content (AvgIpc) is 2.96. The molecule has 2 N–H and O–H groups in total. The van der Waals surface area contributed by atoms with E-state index in [2.05, 4.69) is 10.3 Å². The number of rotatable bonds is 4. The smallest absolute Gasteiger partial charge is 0.251 e. The summed E-state index contributed by atoms with van der Waals surface area (Å²) < 4.78 is 0. The van der Waals surface area contributed by atoms with Gasteiger partial charge < -0.3 is 10.3 Å². The highest BCUT2D eigenvalue weighted by atomic mass is 35.5. The quantitative estimate of drug-likeness (QED) is 0.756. The lowest BCUT2D eigenvalue weighted by atomic mass is 10.1. The van der Waals surface area contributed by atoms with Gasteiger partial charge in [0.25, 0.3) is 5.91 Å². The molecule has 0 saturated carbocycles. The second-order valence-corrected chi connectivity index (χ2v) is 5.28. The number of carbonyl (C=O) groups is 1. The molecule has 106 valence electrons. The minimum Gasteiger partial charge on any atom is -0.361 e. The largest absolute Gasteiger partial charge is 0.361 e. The van der Waals surface area contributed by atoms with E-state index in [1.54, 1.807) is 0 Å². The Labute approximate surface area is 127 Å². The molecule has 3 rings (SSSR count). The van der Waals surface area contributed by atoms with Crippen molar-refractivity contribution in [3.05, 3.63) is 70.9 Å². The first-order valence-electron chi connectivity index (χ1n) is 6.83. The molecule has 0 radical (unpaired) electrons. The zero-order valence-electron chi connectivity index (χ0n) is 11.4. The van der Waals surface area contributed by atoms with Crippen molar-refractivity contribution in [1.29, 1.82) is 0 Å². The van der Waals surface area contributed by atoms with Crippen molar-refractivity contribution in [3.63, 3.8) is 0 Å². The molecular formula is C17H15ClN2O. The molecule has 0 aliphatic carbocycles. The maximum atomic E-state index is 12.1. The van der Waals surface area contributed by atoms with Gasteiger partial charge in [0.2, 0.25) is 0 Å². The number of carbonyl (C=O) groups excluding carboxylic acids is 1. The molecule has 0 atom stereocenters. The maximum absolute atomic E-state index is 12.1. The number of H-pyrrole nitrogens is 1. The third kappa shape index (κ3) is 3.09. The van der Waals surface area contributed by atoms with Crippen LogP contribution in [0, 0.1) is 0 Å². The van der Waals surface area contributed by atoms with Crippen molar-refractivity contribution in [2.24, 2.45) is 0 Å². The summed E-state index contributed by atoms with van der Waals surface area (Å²) in [4.78, 5) is 15.2. The van der Waals surface area contributed by atoms with E-state index in [1.165, 1.54) is 0 Å². The molecule has 1 heterocycles. The molecule has 3 aromatic rings. The number of aromatic amines is 1. The normalized spacial score (nSPS) is 10.7. The van der Waals surface area contributed by atoms with Gasteiger partial charge in [-0.1, -0.05) is 35.9 Å². The molecule has 0 fully saturated rings. The van der Waals surface area contributed by atoms with Crippen molar-refractivity contribution in [3.8, 4) is 0 Å². The van der Waals surface area contributed by atoms with Crippen molar-refractivity contribution in [2.75, 3.05) is 6.54 Å². The third-order valence-electron chi connectivity index (χ3n) is 3.45. The van der Waals surface area contributed by atoms with Crippen LogP contribution in [-0.2, 0) is 6.42 Å². The van der Waals surface area contributed by atoms with Gasteiger partial charge in [-0.05, 0) is 41.6 Å². The van der Waals surface area contributed by atoms with Crippen LogP contribution >= 0.6 is 11.6 Å². The van der Waals surface area contributed by atoms with E-state index in [4.69, 9.17) is 11.6 Å². The van der Waals surface area contributed by atoms with Crippen molar-refractivity contribution < 1.29 is 4.79 Å². The summed E-state index contributed by atoms with van der Waals surface area (Å²) in [7, 11) is 0. The third-order valence-corrected chi connectivity index (χ3v) is 3.82. The molecule has 0 unspecified atom stereocenters. The SMILES string of the molecule is O=C(NCCc1ccccc1Cl)c1ccc2cc[nH]c2c1. The molecule has 2 aromatic carbocycles. The van der Waals surface area contributed by atoms with E-state index >= 15 is 0 Å². The lowest BCUT2D eigenvalue weighted by Gasteiger charge is -2.07. The fourth-order valence-electron chi connectivity index (χ4n) is 2.30. The second kappa shape index (κ2) is 6.02. The van der Waals surface area contributed by atoms with Crippen LogP contribution in [-0.4, -0.2) is 17.4 Å². The monoisotopic (exact) mass is 298 g/mol. The minimum atomic E-state index is -0.0708. The van der Waals surface area contributed by atoms with Gasteiger partial charge in [-0.2, -0.15) is 0 Å². The van der Waals surface area contributed by atoms with Crippen LogP contribution in [0.1, 0.15) is 15.9 Å². The average molecular weight is 299 g/mol. The van der Waals surface area contributed by atoms with E-state index in [9.17, 15) is 4.79 Å². The van der Waals surface area contributed by atoms with Crippen LogP contribution in [0.25, 0.3) is 10.9 Å². The first kappa shape index (κ1) is 13.7. The number of hydrogen-bond donors (Lipinski definition) is 2. The zero-order chi connectivity index (χ0) is 14.7. The summed E-state index contributed by atoms with van der Waals surface area (Å²) in [5, 5.41) is 4.76. The standard InChI is InChI=1S/C17H15ClN2O/c18-15-4-2-1-3-12(15)7-10-20-17(21)14-6-5-13-8-9-19-16(13)11-14/h1-6,8-9,11,19H,7,10H2,(H,20,21). The van der Waals surface area contributed by atoms with Gasteiger partial charge >= 0.3 is 0 Å². The van der Waals surface area contributed by atoms with Crippen LogP contribution in [0.15, 0.2) is 54.7 Å². The molecule has 21 heavy (non-hydrogen) atoms. The van der Waals surface area contributed by atoms with Crippen molar-refractivity contribution in [2.45, 2.75) is 6.42 Å². The fourth-order valence-corrected chi connectivity index (χ4v) is 2.53. The van der Waals surface area contributed by atoms with Crippen LogP contribution in [0.4, 0.5) is 0 Å². The Morgan fingerprint density at radius 2 is 2.00 bits per heavy atom. The van der Waals surface area contributed by atoms with Gasteiger partial charge in [0, 0.05) is 28.8 Å². The number of amides is 1. The van der Waals surface area contributed by atoms with E-state index in [1.807, 2.05) is 54.7 Å². The molecule has 0 aliphatic heterocycles. The van der Waals surface area contributed by atoms with Gasteiger partial charge in [-0.3, -0.25) is 4.79 Å². The summed E-state index contributed by atoms with van der Waals surface area (Å²) in [5.41, 5.74) is 2.66. The molecule has 0 spiro atoms. The van der Waals surface area contributed by atoms with E-state index in [0.29, 0.717) is 12.1 Å². The highest BCUT2D eigenvalue weighted by molar-refractivity contribution is 6.31. The lowest BCUT2D eigenvalue weighted by molar-refractivity contribution is 0.0954. The van der Waals surface area contributed by atoms with Gasteiger partial charge in [0.05, 0.1) is 0 Å². The maximum Gasteiger partial charge on any atom is 0.251 e. The van der Waals surface area contributed by atoms with Crippen LogP contribution in [0.2, 0.25) is 5.02 Å². The summed E-state index contributed by atoms with van der Waals surface area (Å²) in [6, 6.07) is 15.3. The Hall–Kier alpha value is -2.26. The lowest BCUT2D eigenvalue weighted by Crippen LogP contribution is -2.25. The molecule has 1 amide bonds. The van der Waals surface area contributed by atoms with Crippen LogP contribution < -0.4 is 5.32 Å². The van der Waals surface area contributed by atoms with Crippen LogP contribution in [0.3, 0.4) is 0 Å². The number of benzene rings is 2. The first-order chi connectivity index (χ1) is 10.2. The molecule has 0 bridgehead atoms. The Bertz CT molecular complexity index is 779. The van der Waals surface area contributed by atoms with Crippen LogP contribution in [0.5, 0.6) is 0 Å². The Morgan fingerprint density at radius 1 is 1.14 bits per heavy atom. The topological polar surface area (TPSA) is 44.9 Å². The number of nitrogens with one attached hydrogen (secondary N) is 2. The predicted octanol–water partition coefficient (Wildman–Crippen LogP) is 3.79. The van der Waals surface area contributed by atoms with E-state index in [0.717, 1.165) is 27.9 Å². The van der Waals surface area contributed by atoms with Gasteiger partial charge in [0.15, 0.2) is 0 Å². The minimum absolute atomic E-state index is 0.0708. The number of hydrogen-bond acceptors (Lipinski definition) is 1. The summed E-state index contributed by atoms with van der Waals surface area (Å²) >= 11 is 6.09. The molecule has 4 heteroatoms. The summed E-state index contributed by atoms with van der Waals surface area (Å²) in [6.45, 7) is 0.561. The highest BCUT2D eigenvalue weighted by Gasteiger charge is 2.07. The highest BCUT2D eigenvalue weighted by Crippen LogP contribution is 2.16. The van der Waals surface area contributed by atoms with Crippen molar-refractivity contribution in [1.82, 2.24) is 10.3 Å². The van der Waals surface area contributed by atoms with E-state index in [-0.39, 0.29) is 5.91 Å². The number of fused-ring (bicyclic) bond motifs is 1. The van der Waals surface area contributed by atoms with Gasteiger partial charge in [-0.25, -0.2) is 0 Å². The summed E-state index contributed by atoms with van der Waals surface area (Å²) in [6.07, 6.45) is 2.58. The fraction of sp³-hybridized carbons (Fsp3) is 0.118. The Morgan fingerprint density at radius 3 is 2.86 bits per heavy atom. The summed E-state index contributed by atoms with van der Waals surface area (Å²) in [5.74, 6) is -0.0708. The number of halogens is 1. The molecular weight excluding hydrogens is 284 g/mol. The van der Waals surface area contributed by atoms with Crippen molar-refractivity contribution >= 4 is 28.4 Å². The van der Waals surface area contributed by atoms with E-state index < -0.39 is 0 Å². The Balaban J connectivity index is 1.62. The Kier molecular flexibility index (Phi) is 3.93. The molecule has 1 aromatic heterocycles. The second-order valence-electron chi connectivity index (χ2n) is 4.88. The van der Waals surface area contributed by atoms with Gasteiger partial charge in [0.1, 0.15) is 0 Å². The predicted molar refractivity (Wildman–Crippen MR) is 85.8 cm³/mol. The molecule has 0 aliphatic rings.